The lowest BCUT2D eigenvalue weighted by atomic mass is 9.89. The number of aromatic amines is 1. The highest BCUT2D eigenvalue weighted by molar-refractivity contribution is 5.46. The molecule has 154 valence electrons. The molecule has 1 fully saturated rings. The molecule has 1 saturated heterocycles. The summed E-state index contributed by atoms with van der Waals surface area (Å²) in [6.07, 6.45) is 4.48. The summed E-state index contributed by atoms with van der Waals surface area (Å²) in [6.45, 7) is 9.94. The van der Waals surface area contributed by atoms with Crippen LogP contribution in [-0.2, 0) is 23.2 Å². The molecule has 1 aliphatic heterocycles. The van der Waals surface area contributed by atoms with Gasteiger partial charge in [-0.3, -0.25) is 10.00 Å². The van der Waals surface area contributed by atoms with E-state index >= 15 is 0 Å². The smallest absolute Gasteiger partial charge is 0.165 e. The number of methoxy groups -OCH3 is 2. The van der Waals surface area contributed by atoms with Gasteiger partial charge in [-0.1, -0.05) is 32.9 Å². The zero-order valence-electron chi connectivity index (χ0n) is 17.7. The van der Waals surface area contributed by atoms with Crippen LogP contribution in [0, 0.1) is 0 Å². The summed E-state index contributed by atoms with van der Waals surface area (Å²) < 4.78 is 17.0. The van der Waals surface area contributed by atoms with Gasteiger partial charge in [0, 0.05) is 48.5 Å². The van der Waals surface area contributed by atoms with Crippen molar-refractivity contribution in [3.8, 4) is 11.5 Å². The lowest BCUT2D eigenvalue weighted by molar-refractivity contribution is 0.0674. The minimum Gasteiger partial charge on any atom is -0.493 e. The van der Waals surface area contributed by atoms with Crippen molar-refractivity contribution in [3.63, 3.8) is 0 Å². The predicted molar refractivity (Wildman–Crippen MR) is 110 cm³/mol. The van der Waals surface area contributed by atoms with Crippen LogP contribution < -0.4 is 9.47 Å². The summed E-state index contributed by atoms with van der Waals surface area (Å²) in [5.41, 5.74) is 3.55. The molecule has 0 unspecified atom stereocenters. The van der Waals surface area contributed by atoms with Crippen molar-refractivity contribution in [1.29, 1.82) is 0 Å². The molecule has 2 heterocycles. The Morgan fingerprint density at radius 1 is 1.18 bits per heavy atom. The van der Waals surface area contributed by atoms with Crippen LogP contribution in [0.15, 0.2) is 24.4 Å². The highest BCUT2D eigenvalue weighted by Crippen LogP contribution is 2.32. The molecule has 0 amide bonds. The van der Waals surface area contributed by atoms with E-state index in [4.69, 9.17) is 14.2 Å². The minimum atomic E-state index is 0.0228. The third kappa shape index (κ3) is 4.86. The second-order valence-electron chi connectivity index (χ2n) is 8.48. The van der Waals surface area contributed by atoms with Crippen molar-refractivity contribution < 1.29 is 14.2 Å². The number of para-hydroxylation sites is 1. The van der Waals surface area contributed by atoms with Crippen LogP contribution in [0.4, 0.5) is 0 Å². The minimum absolute atomic E-state index is 0.0228. The number of rotatable bonds is 8. The van der Waals surface area contributed by atoms with E-state index in [0.717, 1.165) is 56.1 Å². The lowest BCUT2D eigenvalue weighted by Gasteiger charge is -2.27. The molecule has 1 aliphatic rings. The van der Waals surface area contributed by atoms with Gasteiger partial charge in [0.15, 0.2) is 11.5 Å². The monoisotopic (exact) mass is 387 g/mol. The SMILES string of the molecule is COc1cccc(CN(Cc2cn[nH]c2C(C)(C)C)C[C@@H]2CCCO2)c1OC. The molecule has 1 N–H and O–H groups in total. The van der Waals surface area contributed by atoms with Gasteiger partial charge in [-0.2, -0.15) is 5.10 Å². The number of benzene rings is 1. The highest BCUT2D eigenvalue weighted by atomic mass is 16.5. The number of nitrogens with one attached hydrogen (secondary N) is 1. The van der Waals surface area contributed by atoms with E-state index in [9.17, 15) is 0 Å². The van der Waals surface area contributed by atoms with Crippen LogP contribution in [0.3, 0.4) is 0 Å². The number of aromatic nitrogens is 2. The van der Waals surface area contributed by atoms with Gasteiger partial charge in [-0.05, 0) is 18.9 Å². The first-order valence-corrected chi connectivity index (χ1v) is 9.99. The Balaban J connectivity index is 1.85. The Labute approximate surface area is 168 Å². The summed E-state index contributed by atoms with van der Waals surface area (Å²) in [6, 6.07) is 6.05. The average molecular weight is 388 g/mol. The van der Waals surface area contributed by atoms with Crippen LogP contribution in [-0.4, -0.2) is 48.6 Å². The van der Waals surface area contributed by atoms with Crippen molar-refractivity contribution in [2.75, 3.05) is 27.4 Å². The molecule has 2 aromatic rings. The van der Waals surface area contributed by atoms with E-state index < -0.39 is 0 Å². The second-order valence-corrected chi connectivity index (χ2v) is 8.48. The molecule has 0 radical (unpaired) electrons. The second kappa shape index (κ2) is 8.97. The summed E-state index contributed by atoms with van der Waals surface area (Å²) in [4.78, 5) is 2.42. The molecule has 0 bridgehead atoms. The van der Waals surface area contributed by atoms with Crippen molar-refractivity contribution in [2.24, 2.45) is 0 Å². The highest BCUT2D eigenvalue weighted by Gasteiger charge is 2.25. The lowest BCUT2D eigenvalue weighted by Crippen LogP contribution is -2.32. The maximum absolute atomic E-state index is 5.92. The van der Waals surface area contributed by atoms with Crippen LogP contribution in [0.25, 0.3) is 0 Å². The molecule has 1 aromatic heterocycles. The van der Waals surface area contributed by atoms with Gasteiger partial charge in [0.05, 0.1) is 26.5 Å². The van der Waals surface area contributed by atoms with Gasteiger partial charge in [-0.25, -0.2) is 0 Å². The zero-order valence-corrected chi connectivity index (χ0v) is 17.7. The first-order chi connectivity index (χ1) is 13.4. The molecule has 6 nitrogen and oxygen atoms in total. The van der Waals surface area contributed by atoms with Crippen LogP contribution in [0.5, 0.6) is 11.5 Å². The van der Waals surface area contributed by atoms with Crippen LogP contribution >= 0.6 is 0 Å². The number of hydrogen-bond donors (Lipinski definition) is 1. The fourth-order valence-corrected chi connectivity index (χ4v) is 3.90. The van der Waals surface area contributed by atoms with E-state index in [1.165, 1.54) is 11.3 Å². The van der Waals surface area contributed by atoms with Crippen molar-refractivity contribution in [3.05, 3.63) is 41.2 Å². The zero-order chi connectivity index (χ0) is 20.1. The maximum atomic E-state index is 5.92. The van der Waals surface area contributed by atoms with Gasteiger partial charge < -0.3 is 14.2 Å². The van der Waals surface area contributed by atoms with E-state index in [2.05, 4.69) is 41.9 Å². The van der Waals surface area contributed by atoms with Crippen LogP contribution in [0.2, 0.25) is 0 Å². The van der Waals surface area contributed by atoms with Gasteiger partial charge >= 0.3 is 0 Å². The number of ether oxygens (including phenoxy) is 3. The molecular formula is C22H33N3O3. The molecular weight excluding hydrogens is 354 g/mol. The first-order valence-electron chi connectivity index (χ1n) is 9.99. The Bertz CT molecular complexity index is 761. The van der Waals surface area contributed by atoms with E-state index in [1.54, 1.807) is 14.2 Å². The first kappa shape index (κ1) is 20.7. The predicted octanol–water partition coefficient (Wildman–Crippen LogP) is 3.91. The quantitative estimate of drug-likeness (QED) is 0.744. The molecule has 3 rings (SSSR count). The molecule has 1 aromatic carbocycles. The maximum Gasteiger partial charge on any atom is 0.165 e. The Morgan fingerprint density at radius 2 is 1.96 bits per heavy atom. The summed E-state index contributed by atoms with van der Waals surface area (Å²) in [7, 11) is 3.37. The fourth-order valence-electron chi connectivity index (χ4n) is 3.90. The van der Waals surface area contributed by atoms with Gasteiger partial charge in [0.2, 0.25) is 0 Å². The van der Waals surface area contributed by atoms with Gasteiger partial charge in [0.1, 0.15) is 0 Å². The summed E-state index contributed by atoms with van der Waals surface area (Å²) >= 11 is 0. The fraction of sp³-hybridized carbons (Fsp3) is 0.591. The van der Waals surface area contributed by atoms with E-state index in [1.807, 2.05) is 18.3 Å². The summed E-state index contributed by atoms with van der Waals surface area (Å²) in [5, 5.41) is 7.51. The summed E-state index contributed by atoms with van der Waals surface area (Å²) in [5.74, 6) is 1.56. The van der Waals surface area contributed by atoms with E-state index in [0.29, 0.717) is 0 Å². The molecule has 0 saturated carbocycles. The third-order valence-electron chi connectivity index (χ3n) is 5.23. The Morgan fingerprint density at radius 3 is 2.61 bits per heavy atom. The van der Waals surface area contributed by atoms with E-state index in [-0.39, 0.29) is 11.5 Å². The standard InChI is InChI=1S/C22H33N3O3/c1-22(2,3)21-17(12-23-24-21)14-25(15-18-9-7-11-28-18)13-16-8-6-10-19(26-4)20(16)27-5/h6,8,10,12,18H,7,9,11,13-15H2,1-5H3,(H,23,24)/t18-/m0/s1. The normalized spacial score (nSPS) is 17.3. The Hall–Kier alpha value is -2.05. The third-order valence-corrected chi connectivity index (χ3v) is 5.23. The topological polar surface area (TPSA) is 59.6 Å². The molecule has 0 spiro atoms. The Kier molecular flexibility index (Phi) is 6.62. The number of H-pyrrole nitrogens is 1. The number of hydrogen-bond acceptors (Lipinski definition) is 5. The average Bonchev–Trinajstić information content (AvgIpc) is 3.33. The van der Waals surface area contributed by atoms with Gasteiger partial charge in [-0.15, -0.1) is 0 Å². The van der Waals surface area contributed by atoms with Crippen molar-refractivity contribution in [1.82, 2.24) is 15.1 Å². The molecule has 1 atom stereocenters. The molecule has 0 aliphatic carbocycles. The van der Waals surface area contributed by atoms with Crippen molar-refractivity contribution >= 4 is 0 Å². The number of nitrogens with zero attached hydrogens (tertiary/aromatic N) is 2. The molecule has 28 heavy (non-hydrogen) atoms. The van der Waals surface area contributed by atoms with Crippen molar-refractivity contribution in [2.45, 2.75) is 58.2 Å². The largest absolute Gasteiger partial charge is 0.493 e. The molecule has 6 heteroatoms. The van der Waals surface area contributed by atoms with Crippen LogP contribution in [0.1, 0.15) is 50.4 Å². The van der Waals surface area contributed by atoms with Gasteiger partial charge in [0.25, 0.3) is 0 Å².